The summed E-state index contributed by atoms with van der Waals surface area (Å²) in [5, 5.41) is 15.3. The predicted octanol–water partition coefficient (Wildman–Crippen LogP) is 5.80. The van der Waals surface area contributed by atoms with E-state index < -0.39 is 18.4 Å². The van der Waals surface area contributed by atoms with Gasteiger partial charge in [0.15, 0.2) is 23.6 Å². The summed E-state index contributed by atoms with van der Waals surface area (Å²) in [6.07, 6.45) is 1.15. The minimum absolute atomic E-state index is 0.0128. The average molecular weight is 694 g/mol. The number of hydrogen-bond acceptors (Lipinski definition) is 8. The Labute approximate surface area is 299 Å². The topological polar surface area (TPSA) is 119 Å². The lowest BCUT2D eigenvalue weighted by Crippen LogP contribution is -2.46. The molecule has 0 aromatic heterocycles. The first kappa shape index (κ1) is 36.1. The molecule has 10 nitrogen and oxygen atoms in total. The molecule has 4 atom stereocenters. The first-order chi connectivity index (χ1) is 24.8. The molecule has 10 heteroatoms. The third-order valence-electron chi connectivity index (χ3n) is 9.66. The zero-order valence-electron chi connectivity index (χ0n) is 29.5. The smallest absolute Gasteiger partial charge is 0.315 e. The number of rotatable bonds is 13. The van der Waals surface area contributed by atoms with Gasteiger partial charge in [0.05, 0.1) is 39.1 Å². The van der Waals surface area contributed by atoms with Gasteiger partial charge in [0.1, 0.15) is 0 Å². The van der Waals surface area contributed by atoms with Crippen molar-refractivity contribution in [2.24, 2.45) is 0 Å². The molecule has 1 saturated heterocycles. The summed E-state index contributed by atoms with van der Waals surface area (Å²) < 4.78 is 24.3. The largest absolute Gasteiger partial charge is 0.493 e. The Morgan fingerprint density at radius 2 is 1.53 bits per heavy atom. The van der Waals surface area contributed by atoms with Gasteiger partial charge in [-0.05, 0) is 65.3 Å². The standard InChI is InChI=1S/C41H47N3O7/c1-27(46)36(19-28-7-5-4-6-8-28)43-41(47)42-23-29-9-15-32(16-10-29)40-50-35(22-37(51-40)31-13-11-30(26-45)12-14-31)25-44-18-17-33-20-38(48-2)39(49-3)21-34(33)24-44/h4-16,20-21,35-37,40,45H,17-19,22-26H2,1-3H3,(H2,42,43,47). The van der Waals surface area contributed by atoms with E-state index in [4.69, 9.17) is 18.9 Å². The van der Waals surface area contributed by atoms with Gasteiger partial charge in [-0.15, -0.1) is 0 Å². The summed E-state index contributed by atoms with van der Waals surface area (Å²) in [5.74, 6) is 1.38. The van der Waals surface area contributed by atoms with Crippen LogP contribution in [-0.4, -0.2) is 61.3 Å². The van der Waals surface area contributed by atoms with Crippen molar-refractivity contribution < 1.29 is 33.6 Å². The molecule has 0 bridgehead atoms. The van der Waals surface area contributed by atoms with Gasteiger partial charge in [0.25, 0.3) is 0 Å². The highest BCUT2D eigenvalue weighted by Gasteiger charge is 2.34. The minimum Gasteiger partial charge on any atom is -0.493 e. The average Bonchev–Trinajstić information content (AvgIpc) is 3.16. The number of aliphatic hydroxyl groups excluding tert-OH is 1. The number of ether oxygens (including phenoxy) is 4. The van der Waals surface area contributed by atoms with Crippen LogP contribution in [-0.2, 0) is 46.8 Å². The van der Waals surface area contributed by atoms with Crippen molar-refractivity contribution in [2.75, 3.05) is 27.3 Å². The second-order valence-corrected chi connectivity index (χ2v) is 13.2. The summed E-state index contributed by atoms with van der Waals surface area (Å²) in [6.45, 7) is 4.19. The molecule has 0 saturated carbocycles. The highest BCUT2D eigenvalue weighted by Crippen LogP contribution is 2.39. The minimum atomic E-state index is -0.609. The number of benzene rings is 4. The molecule has 2 amide bonds. The number of Topliss-reactive ketones (excluding diaryl/α,β-unsaturated/α-hetero) is 1. The van der Waals surface area contributed by atoms with Crippen LogP contribution in [0.4, 0.5) is 4.79 Å². The molecule has 4 aromatic rings. The molecule has 51 heavy (non-hydrogen) atoms. The number of ketones is 1. The maximum atomic E-state index is 12.7. The Kier molecular flexibility index (Phi) is 12.0. The van der Waals surface area contributed by atoms with Gasteiger partial charge in [0, 0.05) is 38.2 Å². The van der Waals surface area contributed by atoms with Gasteiger partial charge in [-0.1, -0.05) is 78.9 Å². The van der Waals surface area contributed by atoms with Crippen molar-refractivity contribution in [3.8, 4) is 11.5 Å². The molecule has 2 aliphatic rings. The van der Waals surface area contributed by atoms with Crippen LogP contribution in [0.1, 0.15) is 64.7 Å². The van der Waals surface area contributed by atoms with Crippen molar-refractivity contribution in [2.45, 2.75) is 70.4 Å². The molecular formula is C41H47N3O7. The van der Waals surface area contributed by atoms with Crippen molar-refractivity contribution in [1.82, 2.24) is 15.5 Å². The van der Waals surface area contributed by atoms with E-state index in [1.54, 1.807) is 14.2 Å². The fourth-order valence-corrected chi connectivity index (χ4v) is 6.75. The molecule has 0 radical (unpaired) electrons. The van der Waals surface area contributed by atoms with E-state index >= 15 is 0 Å². The van der Waals surface area contributed by atoms with Crippen molar-refractivity contribution in [3.05, 3.63) is 130 Å². The Hall–Kier alpha value is -4.74. The van der Waals surface area contributed by atoms with E-state index in [1.165, 1.54) is 18.1 Å². The Bertz CT molecular complexity index is 1760. The molecule has 1 fully saturated rings. The second-order valence-electron chi connectivity index (χ2n) is 13.2. The molecule has 4 unspecified atom stereocenters. The molecule has 3 N–H and O–H groups in total. The van der Waals surface area contributed by atoms with Crippen LogP contribution in [0.3, 0.4) is 0 Å². The number of nitrogens with one attached hydrogen (secondary N) is 2. The third kappa shape index (κ3) is 9.33. The van der Waals surface area contributed by atoms with Crippen LogP contribution < -0.4 is 20.1 Å². The van der Waals surface area contributed by atoms with Gasteiger partial charge in [-0.25, -0.2) is 4.79 Å². The van der Waals surface area contributed by atoms with E-state index in [0.717, 1.165) is 65.4 Å². The van der Waals surface area contributed by atoms with E-state index in [0.29, 0.717) is 19.4 Å². The number of urea groups is 1. The third-order valence-corrected chi connectivity index (χ3v) is 9.66. The second kappa shape index (κ2) is 17.0. The zero-order chi connectivity index (χ0) is 35.7. The highest BCUT2D eigenvalue weighted by molar-refractivity contribution is 5.87. The number of amides is 2. The molecule has 2 heterocycles. The van der Waals surface area contributed by atoms with Gasteiger partial charge in [0.2, 0.25) is 0 Å². The van der Waals surface area contributed by atoms with Gasteiger partial charge in [-0.3, -0.25) is 9.69 Å². The Balaban J connectivity index is 1.11. The lowest BCUT2D eigenvalue weighted by molar-refractivity contribution is -0.253. The van der Waals surface area contributed by atoms with Crippen LogP contribution in [0.2, 0.25) is 0 Å². The van der Waals surface area contributed by atoms with Crippen LogP contribution in [0.15, 0.2) is 91.0 Å². The molecule has 6 rings (SSSR count). The zero-order valence-corrected chi connectivity index (χ0v) is 29.5. The number of hydrogen-bond donors (Lipinski definition) is 3. The van der Waals surface area contributed by atoms with E-state index in [1.807, 2.05) is 78.9 Å². The molecule has 2 aliphatic heterocycles. The van der Waals surface area contributed by atoms with Crippen LogP contribution in [0, 0.1) is 0 Å². The van der Waals surface area contributed by atoms with Crippen molar-refractivity contribution in [3.63, 3.8) is 0 Å². The lowest BCUT2D eigenvalue weighted by Gasteiger charge is -2.39. The van der Waals surface area contributed by atoms with Gasteiger partial charge >= 0.3 is 6.03 Å². The number of methoxy groups -OCH3 is 2. The fourth-order valence-electron chi connectivity index (χ4n) is 6.75. The number of fused-ring (bicyclic) bond motifs is 1. The first-order valence-electron chi connectivity index (χ1n) is 17.5. The molecule has 0 spiro atoms. The Morgan fingerprint density at radius 1 is 0.863 bits per heavy atom. The van der Waals surface area contributed by atoms with Gasteiger partial charge < -0.3 is 34.7 Å². The summed E-state index contributed by atoms with van der Waals surface area (Å²) in [7, 11) is 3.32. The molecule has 268 valence electrons. The Morgan fingerprint density at radius 3 is 2.20 bits per heavy atom. The molecule has 4 aromatic carbocycles. The summed E-state index contributed by atoms with van der Waals surface area (Å²) >= 11 is 0. The maximum absolute atomic E-state index is 12.7. The van der Waals surface area contributed by atoms with Crippen molar-refractivity contribution >= 4 is 11.8 Å². The predicted molar refractivity (Wildman–Crippen MR) is 193 cm³/mol. The normalized spacial score (nSPS) is 19.4. The number of carbonyl (C=O) groups is 2. The lowest BCUT2D eigenvalue weighted by atomic mass is 9.97. The van der Waals surface area contributed by atoms with E-state index in [9.17, 15) is 14.7 Å². The van der Waals surface area contributed by atoms with Crippen LogP contribution in [0.5, 0.6) is 11.5 Å². The number of aliphatic hydroxyl groups is 1. The monoisotopic (exact) mass is 693 g/mol. The first-order valence-corrected chi connectivity index (χ1v) is 17.5. The van der Waals surface area contributed by atoms with Crippen LogP contribution >= 0.6 is 0 Å². The van der Waals surface area contributed by atoms with E-state index in [2.05, 4.69) is 27.7 Å². The molecule has 0 aliphatic carbocycles. The maximum Gasteiger partial charge on any atom is 0.315 e. The summed E-state index contributed by atoms with van der Waals surface area (Å²) in [4.78, 5) is 27.4. The summed E-state index contributed by atoms with van der Waals surface area (Å²) in [6, 6.07) is 28.5. The van der Waals surface area contributed by atoms with Crippen LogP contribution in [0.25, 0.3) is 0 Å². The fraction of sp³-hybridized carbons (Fsp3) is 0.366. The van der Waals surface area contributed by atoms with Gasteiger partial charge in [-0.2, -0.15) is 0 Å². The number of nitrogens with zero attached hydrogens (tertiary/aromatic N) is 1. The van der Waals surface area contributed by atoms with E-state index in [-0.39, 0.29) is 24.6 Å². The quantitative estimate of drug-likeness (QED) is 0.161. The summed E-state index contributed by atoms with van der Waals surface area (Å²) in [5.41, 5.74) is 7.15. The molecular weight excluding hydrogens is 646 g/mol. The van der Waals surface area contributed by atoms with Crippen molar-refractivity contribution in [1.29, 1.82) is 0 Å². The SMILES string of the molecule is COc1cc2c(cc1OC)CN(CC1CC(c3ccc(CO)cc3)OC(c3ccc(CNC(=O)NC(Cc4ccccc4)C(C)=O)cc3)O1)CC2. The number of carbonyl (C=O) groups excluding carboxylic acids is 2. The highest BCUT2D eigenvalue weighted by atomic mass is 16.7.